The van der Waals surface area contributed by atoms with Gasteiger partial charge in [0.1, 0.15) is 5.82 Å². The third-order valence-electron chi connectivity index (χ3n) is 4.20. The van der Waals surface area contributed by atoms with Crippen molar-refractivity contribution < 1.29 is 9.18 Å². The van der Waals surface area contributed by atoms with E-state index in [1.54, 1.807) is 6.07 Å². The van der Waals surface area contributed by atoms with Crippen LogP contribution in [-0.4, -0.2) is 30.5 Å². The number of rotatable bonds is 5. The van der Waals surface area contributed by atoms with Gasteiger partial charge in [-0.2, -0.15) is 11.8 Å². The summed E-state index contributed by atoms with van der Waals surface area (Å²) < 4.78 is 13.7. The van der Waals surface area contributed by atoms with E-state index in [0.717, 1.165) is 30.2 Å². The zero-order chi connectivity index (χ0) is 17.6. The maximum atomic E-state index is 13.7. The molecule has 0 aromatic heterocycles. The average molecular weight is 379 g/mol. The molecule has 1 N–H and O–H groups in total. The van der Waals surface area contributed by atoms with E-state index in [2.05, 4.69) is 22.3 Å². The Kier molecular flexibility index (Phi) is 6.21. The Labute approximate surface area is 156 Å². The number of nitrogens with zero attached hydrogens (tertiary/aromatic N) is 1. The molecule has 0 radical (unpaired) electrons. The van der Waals surface area contributed by atoms with Crippen molar-refractivity contribution in [3.63, 3.8) is 0 Å². The van der Waals surface area contributed by atoms with Gasteiger partial charge in [0.25, 0.3) is 0 Å². The lowest BCUT2D eigenvalue weighted by Crippen LogP contribution is -2.32. The van der Waals surface area contributed by atoms with Crippen LogP contribution in [0.3, 0.4) is 0 Å². The maximum Gasteiger partial charge on any atom is 0.224 e. The molecule has 3 rings (SSSR count). The molecule has 0 bridgehead atoms. The van der Waals surface area contributed by atoms with Gasteiger partial charge in [-0.1, -0.05) is 29.8 Å². The maximum absolute atomic E-state index is 13.7. The first kappa shape index (κ1) is 18.1. The van der Waals surface area contributed by atoms with Crippen molar-refractivity contribution in [2.24, 2.45) is 0 Å². The molecule has 2 aromatic rings. The highest BCUT2D eigenvalue weighted by Gasteiger charge is 2.13. The second-order valence-electron chi connectivity index (χ2n) is 5.92. The Morgan fingerprint density at radius 1 is 1.16 bits per heavy atom. The second-order valence-corrected chi connectivity index (χ2v) is 7.55. The molecular weight excluding hydrogens is 359 g/mol. The molecule has 0 unspecified atom stereocenters. The Bertz CT molecular complexity index is 712. The minimum Gasteiger partial charge on any atom is -0.370 e. The third-order valence-corrected chi connectivity index (χ3v) is 5.50. The minimum absolute atomic E-state index is 0.0605. The summed E-state index contributed by atoms with van der Waals surface area (Å²) >= 11 is 7.94. The van der Waals surface area contributed by atoms with Gasteiger partial charge in [-0.25, -0.2) is 4.39 Å². The molecule has 0 atom stereocenters. The van der Waals surface area contributed by atoms with E-state index in [1.807, 2.05) is 23.9 Å². The molecule has 0 aliphatic carbocycles. The lowest BCUT2D eigenvalue weighted by molar-refractivity contribution is -0.120. The summed E-state index contributed by atoms with van der Waals surface area (Å²) in [6, 6.07) is 12.6. The summed E-state index contributed by atoms with van der Waals surface area (Å²) in [7, 11) is 0. The van der Waals surface area contributed by atoms with Crippen molar-refractivity contribution in [3.05, 3.63) is 64.4 Å². The molecule has 1 fully saturated rings. The van der Waals surface area contributed by atoms with Crippen molar-refractivity contribution >= 4 is 35.0 Å². The molecule has 0 spiro atoms. The van der Waals surface area contributed by atoms with Crippen LogP contribution in [0, 0.1) is 5.82 Å². The van der Waals surface area contributed by atoms with Gasteiger partial charge in [-0.05, 0) is 29.8 Å². The van der Waals surface area contributed by atoms with Gasteiger partial charge in [0.15, 0.2) is 0 Å². The summed E-state index contributed by atoms with van der Waals surface area (Å²) in [6.45, 7) is 2.56. The monoisotopic (exact) mass is 378 g/mol. The largest absolute Gasteiger partial charge is 0.370 e. The van der Waals surface area contributed by atoms with Crippen molar-refractivity contribution in [3.8, 4) is 0 Å². The van der Waals surface area contributed by atoms with E-state index in [1.165, 1.54) is 17.8 Å². The molecule has 0 saturated carbocycles. The molecule has 25 heavy (non-hydrogen) atoms. The van der Waals surface area contributed by atoms with E-state index in [9.17, 15) is 9.18 Å². The van der Waals surface area contributed by atoms with E-state index >= 15 is 0 Å². The number of amides is 1. The van der Waals surface area contributed by atoms with Gasteiger partial charge in [-0.3, -0.25) is 4.79 Å². The van der Waals surface area contributed by atoms with Gasteiger partial charge in [0.2, 0.25) is 5.91 Å². The summed E-state index contributed by atoms with van der Waals surface area (Å²) in [4.78, 5) is 14.4. The van der Waals surface area contributed by atoms with E-state index < -0.39 is 5.82 Å². The number of thioether (sulfide) groups is 1. The van der Waals surface area contributed by atoms with Crippen molar-refractivity contribution in [2.45, 2.75) is 13.0 Å². The first-order valence-corrected chi connectivity index (χ1v) is 9.78. The lowest BCUT2D eigenvalue weighted by Gasteiger charge is -2.28. The van der Waals surface area contributed by atoms with Crippen LogP contribution in [0.4, 0.5) is 10.1 Å². The van der Waals surface area contributed by atoms with E-state index in [4.69, 9.17) is 11.6 Å². The lowest BCUT2D eigenvalue weighted by atomic mass is 10.1. The molecule has 1 saturated heterocycles. The smallest absolute Gasteiger partial charge is 0.224 e. The van der Waals surface area contributed by atoms with Gasteiger partial charge >= 0.3 is 0 Å². The van der Waals surface area contributed by atoms with Crippen LogP contribution in [0.15, 0.2) is 42.5 Å². The van der Waals surface area contributed by atoms with Gasteiger partial charge in [0.05, 0.1) is 6.42 Å². The number of benzene rings is 2. The second kappa shape index (κ2) is 8.59. The standard InChI is InChI=1S/C19H20ClFN2OS/c20-17-2-1-3-18(21)16(17)12-19(24)22-13-14-4-6-15(7-5-14)23-8-10-25-11-9-23/h1-7H,8-13H2,(H,22,24). The number of anilines is 1. The molecule has 1 amide bonds. The van der Waals surface area contributed by atoms with Crippen LogP contribution >= 0.6 is 23.4 Å². The number of carbonyl (C=O) groups is 1. The zero-order valence-electron chi connectivity index (χ0n) is 13.8. The van der Waals surface area contributed by atoms with Crippen LogP contribution in [0.2, 0.25) is 5.02 Å². The molecule has 1 heterocycles. The SMILES string of the molecule is O=C(Cc1c(F)cccc1Cl)NCc1ccc(N2CCSCC2)cc1. The first-order valence-electron chi connectivity index (χ1n) is 8.25. The minimum atomic E-state index is -0.452. The summed E-state index contributed by atoms with van der Waals surface area (Å²) in [5.41, 5.74) is 2.47. The fraction of sp³-hybridized carbons (Fsp3) is 0.316. The van der Waals surface area contributed by atoms with Crippen LogP contribution < -0.4 is 10.2 Å². The number of nitrogens with one attached hydrogen (secondary N) is 1. The van der Waals surface area contributed by atoms with Crippen molar-refractivity contribution in [2.75, 3.05) is 29.5 Å². The Balaban J connectivity index is 1.53. The van der Waals surface area contributed by atoms with Crippen molar-refractivity contribution in [1.29, 1.82) is 0 Å². The predicted octanol–water partition coefficient (Wildman–Crippen LogP) is 3.89. The molecule has 1 aliphatic heterocycles. The van der Waals surface area contributed by atoms with Crippen LogP contribution in [0.25, 0.3) is 0 Å². The predicted molar refractivity (Wildman–Crippen MR) is 103 cm³/mol. The van der Waals surface area contributed by atoms with Crippen molar-refractivity contribution in [1.82, 2.24) is 5.32 Å². The Hall–Kier alpha value is -1.72. The third kappa shape index (κ3) is 4.89. The van der Waals surface area contributed by atoms with Gasteiger partial charge < -0.3 is 10.2 Å². The van der Waals surface area contributed by atoms with Crippen LogP contribution in [-0.2, 0) is 17.8 Å². The van der Waals surface area contributed by atoms with Gasteiger partial charge in [0, 0.05) is 47.4 Å². The summed E-state index contributed by atoms with van der Waals surface area (Å²) in [6.07, 6.45) is -0.0605. The fourth-order valence-corrected chi connectivity index (χ4v) is 3.90. The van der Waals surface area contributed by atoms with E-state index in [0.29, 0.717) is 6.54 Å². The molecular formula is C19H20ClFN2OS. The number of carbonyl (C=O) groups excluding carboxylic acids is 1. The molecule has 2 aromatic carbocycles. The highest BCUT2D eigenvalue weighted by atomic mass is 35.5. The molecule has 6 heteroatoms. The Morgan fingerprint density at radius 3 is 2.56 bits per heavy atom. The fourth-order valence-electron chi connectivity index (χ4n) is 2.77. The highest BCUT2D eigenvalue weighted by molar-refractivity contribution is 7.99. The zero-order valence-corrected chi connectivity index (χ0v) is 15.4. The molecule has 1 aliphatic rings. The van der Waals surface area contributed by atoms with E-state index in [-0.39, 0.29) is 22.9 Å². The Morgan fingerprint density at radius 2 is 1.88 bits per heavy atom. The molecule has 132 valence electrons. The van der Waals surface area contributed by atoms with Gasteiger partial charge in [-0.15, -0.1) is 0 Å². The number of hydrogen-bond acceptors (Lipinski definition) is 3. The topological polar surface area (TPSA) is 32.3 Å². The number of hydrogen-bond donors (Lipinski definition) is 1. The normalized spacial score (nSPS) is 14.4. The quantitative estimate of drug-likeness (QED) is 0.856. The van der Waals surface area contributed by atoms with Crippen LogP contribution in [0.1, 0.15) is 11.1 Å². The first-order chi connectivity index (χ1) is 12.1. The summed E-state index contributed by atoms with van der Waals surface area (Å²) in [5.74, 6) is 1.63. The number of halogens is 2. The molecule has 3 nitrogen and oxygen atoms in total. The average Bonchev–Trinajstić information content (AvgIpc) is 2.64. The highest BCUT2D eigenvalue weighted by Crippen LogP contribution is 2.21. The van der Waals surface area contributed by atoms with Crippen LogP contribution in [0.5, 0.6) is 0 Å². The summed E-state index contributed by atoms with van der Waals surface area (Å²) in [5, 5.41) is 3.10.